The summed E-state index contributed by atoms with van der Waals surface area (Å²) in [6.45, 7) is 1.24. The molecule has 2 aromatic rings. The van der Waals surface area contributed by atoms with Gasteiger partial charge in [0.25, 0.3) is 5.91 Å². The van der Waals surface area contributed by atoms with Gasteiger partial charge in [-0.2, -0.15) is 0 Å². The molecule has 2 saturated carbocycles. The van der Waals surface area contributed by atoms with Gasteiger partial charge in [-0.05, 0) is 56.5 Å². The molecule has 2 fully saturated rings. The summed E-state index contributed by atoms with van der Waals surface area (Å²) in [5, 5.41) is 6.98. The second kappa shape index (κ2) is 9.04. The van der Waals surface area contributed by atoms with E-state index in [-0.39, 0.29) is 29.1 Å². The van der Waals surface area contributed by atoms with Gasteiger partial charge in [0.1, 0.15) is 27.0 Å². The summed E-state index contributed by atoms with van der Waals surface area (Å²) in [6, 6.07) is 5.93. The van der Waals surface area contributed by atoms with Gasteiger partial charge in [0.05, 0.1) is 22.2 Å². The Balaban J connectivity index is 1.52. The molecule has 0 radical (unpaired) electrons. The highest BCUT2D eigenvalue weighted by atomic mass is 35.5. The molecule has 2 aliphatic rings. The zero-order valence-electron chi connectivity index (χ0n) is 18.1. The number of carbonyl (C=O) groups excluding carboxylic acids is 4. The fraction of sp³-hybridized carbons (Fsp3) is 0.304. The molecule has 0 heterocycles. The van der Waals surface area contributed by atoms with E-state index >= 15 is 4.39 Å². The molecular formula is C23H18Cl3F2N3O4. The molecule has 3 amide bonds. The van der Waals surface area contributed by atoms with Gasteiger partial charge in [-0.25, -0.2) is 8.78 Å². The molecule has 35 heavy (non-hydrogen) atoms. The fourth-order valence-corrected chi connectivity index (χ4v) is 4.26. The minimum Gasteiger partial charge on any atom is -0.326 e. The van der Waals surface area contributed by atoms with Crippen LogP contribution in [-0.2, 0) is 14.4 Å². The Labute approximate surface area is 213 Å². The quantitative estimate of drug-likeness (QED) is 0.325. The highest BCUT2D eigenvalue weighted by Gasteiger charge is 2.56. The molecule has 0 saturated heterocycles. The van der Waals surface area contributed by atoms with Crippen LogP contribution in [0.1, 0.15) is 36.5 Å². The van der Waals surface area contributed by atoms with E-state index in [0.717, 1.165) is 12.1 Å². The molecule has 2 aliphatic carbocycles. The number of nitrogens with one attached hydrogen (secondary N) is 3. The smallest absolute Gasteiger partial charge is 0.257 e. The first kappa shape index (κ1) is 25.3. The molecule has 3 N–H and O–H groups in total. The van der Waals surface area contributed by atoms with E-state index in [2.05, 4.69) is 16.0 Å². The number of ketones is 1. The van der Waals surface area contributed by atoms with Gasteiger partial charge < -0.3 is 16.0 Å². The van der Waals surface area contributed by atoms with Gasteiger partial charge in [-0.1, -0.05) is 11.6 Å². The number of hydrogen-bond donors (Lipinski definition) is 3. The molecule has 1 atom stereocenters. The van der Waals surface area contributed by atoms with Crippen LogP contribution in [0.15, 0.2) is 30.3 Å². The van der Waals surface area contributed by atoms with Gasteiger partial charge >= 0.3 is 0 Å². The summed E-state index contributed by atoms with van der Waals surface area (Å²) in [5.74, 6) is -5.41. The van der Waals surface area contributed by atoms with Crippen LogP contribution in [0, 0.1) is 23.0 Å². The number of amides is 3. The van der Waals surface area contributed by atoms with Crippen molar-refractivity contribution in [1.29, 1.82) is 0 Å². The molecule has 184 valence electrons. The van der Waals surface area contributed by atoms with Crippen molar-refractivity contribution in [3.8, 4) is 0 Å². The summed E-state index contributed by atoms with van der Waals surface area (Å²) in [7, 11) is 0. The number of hydrogen-bond acceptors (Lipinski definition) is 4. The van der Waals surface area contributed by atoms with Gasteiger partial charge in [0.2, 0.25) is 11.8 Å². The van der Waals surface area contributed by atoms with Crippen molar-refractivity contribution in [3.63, 3.8) is 0 Å². The third kappa shape index (κ3) is 4.98. The number of carbonyl (C=O) groups is 4. The zero-order valence-corrected chi connectivity index (χ0v) is 20.4. The first-order chi connectivity index (χ1) is 16.4. The second-order valence-electron chi connectivity index (χ2n) is 8.53. The van der Waals surface area contributed by atoms with Crippen molar-refractivity contribution in [2.24, 2.45) is 11.3 Å². The number of alkyl halides is 2. The van der Waals surface area contributed by atoms with Crippen LogP contribution in [0.4, 0.5) is 25.8 Å². The van der Waals surface area contributed by atoms with Crippen LogP contribution in [0.2, 0.25) is 5.02 Å². The Kier molecular flexibility index (Phi) is 6.54. The van der Waals surface area contributed by atoms with Crippen molar-refractivity contribution in [3.05, 3.63) is 52.6 Å². The van der Waals surface area contributed by atoms with E-state index in [1.165, 1.54) is 25.1 Å². The van der Waals surface area contributed by atoms with E-state index in [9.17, 15) is 23.6 Å². The lowest BCUT2D eigenvalue weighted by atomic mass is 10.0. The summed E-state index contributed by atoms with van der Waals surface area (Å²) in [4.78, 5) is 49.2. The highest BCUT2D eigenvalue weighted by Crippen LogP contribution is 2.53. The molecule has 12 heteroatoms. The summed E-state index contributed by atoms with van der Waals surface area (Å²) in [6.07, 6.45) is 0.868. The number of rotatable bonds is 7. The van der Waals surface area contributed by atoms with E-state index in [0.29, 0.717) is 6.42 Å². The number of anilines is 3. The predicted octanol–water partition coefficient (Wildman–Crippen LogP) is 5.31. The van der Waals surface area contributed by atoms with Crippen LogP contribution in [0.5, 0.6) is 0 Å². The largest absolute Gasteiger partial charge is 0.326 e. The van der Waals surface area contributed by atoms with Crippen LogP contribution >= 0.6 is 34.8 Å². The van der Waals surface area contributed by atoms with Gasteiger partial charge in [-0.15, -0.1) is 23.2 Å². The molecule has 0 aromatic heterocycles. The van der Waals surface area contributed by atoms with Crippen LogP contribution in [0.3, 0.4) is 0 Å². The average Bonchev–Trinajstić information content (AvgIpc) is 3.70. The third-order valence-electron chi connectivity index (χ3n) is 6.06. The average molecular weight is 545 g/mol. The molecule has 0 bridgehead atoms. The van der Waals surface area contributed by atoms with E-state index in [1.807, 2.05) is 0 Å². The van der Waals surface area contributed by atoms with E-state index in [4.69, 9.17) is 34.8 Å². The summed E-state index contributed by atoms with van der Waals surface area (Å²) in [5.41, 5.74) is -2.39. The molecule has 0 spiro atoms. The Morgan fingerprint density at radius 1 is 1.00 bits per heavy atom. The molecule has 7 nitrogen and oxygen atoms in total. The van der Waals surface area contributed by atoms with Gasteiger partial charge in [-0.3, -0.25) is 19.2 Å². The second-order valence-corrected chi connectivity index (χ2v) is 10.5. The Bertz CT molecular complexity index is 1280. The molecule has 1 unspecified atom stereocenters. The first-order valence-electron chi connectivity index (χ1n) is 10.5. The summed E-state index contributed by atoms with van der Waals surface area (Å²) < 4.78 is 28.2. The molecule has 0 aliphatic heterocycles. The maximum atomic E-state index is 15.0. The highest BCUT2D eigenvalue weighted by molar-refractivity contribution is 6.52. The van der Waals surface area contributed by atoms with Gasteiger partial charge in [0, 0.05) is 5.69 Å². The minimum atomic E-state index is -1.29. The molecule has 2 aromatic carbocycles. The zero-order chi connectivity index (χ0) is 25.7. The van der Waals surface area contributed by atoms with Crippen molar-refractivity contribution in [2.75, 3.05) is 16.0 Å². The van der Waals surface area contributed by atoms with E-state index in [1.54, 1.807) is 0 Å². The standard InChI is InChI=1S/C23H18Cl3F2N3O4/c1-10(32)22(6-7-22)21(35)31-18-15(27)4-5-16(17(18)28)30-19(33)12-8-11(2-3-14(12)24)29-20(34)13-9-23(13,25)26/h2-5,8,13H,6-7,9H2,1H3,(H,29,34)(H,30,33)(H,31,35). The topological polar surface area (TPSA) is 104 Å². The number of benzene rings is 2. The Morgan fingerprint density at radius 2 is 1.66 bits per heavy atom. The van der Waals surface area contributed by atoms with Crippen molar-refractivity contribution < 1.29 is 28.0 Å². The van der Waals surface area contributed by atoms with Crippen molar-refractivity contribution >= 4 is 75.4 Å². The Hall–Kier alpha value is -2.75. The lowest BCUT2D eigenvalue weighted by Crippen LogP contribution is -2.30. The third-order valence-corrected chi connectivity index (χ3v) is 7.22. The first-order valence-corrected chi connectivity index (χ1v) is 11.6. The number of Topliss-reactive ketones (excluding diaryl/α,β-unsaturated/α-hetero) is 1. The van der Waals surface area contributed by atoms with Crippen LogP contribution in [-0.4, -0.2) is 27.8 Å². The van der Waals surface area contributed by atoms with Crippen LogP contribution in [0.25, 0.3) is 0 Å². The van der Waals surface area contributed by atoms with Gasteiger partial charge in [0.15, 0.2) is 5.82 Å². The lowest BCUT2D eigenvalue weighted by molar-refractivity contribution is -0.131. The van der Waals surface area contributed by atoms with Crippen molar-refractivity contribution in [1.82, 2.24) is 0 Å². The SMILES string of the molecule is CC(=O)C1(C(=O)Nc2c(F)ccc(NC(=O)c3cc(NC(=O)C4CC4(Cl)Cl)ccc3Cl)c2F)CC1. The predicted molar refractivity (Wildman–Crippen MR) is 128 cm³/mol. The lowest BCUT2D eigenvalue weighted by Gasteiger charge is -2.15. The van der Waals surface area contributed by atoms with E-state index < -0.39 is 62.2 Å². The Morgan fingerprint density at radius 3 is 2.23 bits per heavy atom. The maximum absolute atomic E-state index is 15.0. The molecule has 4 rings (SSSR count). The monoisotopic (exact) mass is 543 g/mol. The minimum absolute atomic E-state index is 0.00383. The molecular weight excluding hydrogens is 527 g/mol. The number of halogens is 5. The van der Waals surface area contributed by atoms with Crippen LogP contribution < -0.4 is 16.0 Å². The maximum Gasteiger partial charge on any atom is 0.257 e. The fourth-order valence-electron chi connectivity index (χ4n) is 3.55. The summed E-state index contributed by atoms with van der Waals surface area (Å²) >= 11 is 17.9. The van der Waals surface area contributed by atoms with Crippen molar-refractivity contribution in [2.45, 2.75) is 30.5 Å². The normalized spacial score (nSPS) is 18.9.